The van der Waals surface area contributed by atoms with E-state index in [0.717, 1.165) is 22.1 Å². The zero-order valence-electron chi connectivity index (χ0n) is 14.8. The first kappa shape index (κ1) is 16.2. The van der Waals surface area contributed by atoms with Crippen LogP contribution in [0.4, 0.5) is 0 Å². The Kier molecular flexibility index (Phi) is 4.72. The number of rotatable bonds is 3. The van der Waals surface area contributed by atoms with Crippen LogP contribution in [0.15, 0.2) is 36.5 Å². The lowest BCUT2D eigenvalue weighted by atomic mass is 9.89. The zero-order valence-corrected chi connectivity index (χ0v) is 14.8. The summed E-state index contributed by atoms with van der Waals surface area (Å²) in [6.07, 6.45) is 8.36. The smallest absolute Gasteiger partial charge is 0.144 e. The van der Waals surface area contributed by atoms with Gasteiger partial charge >= 0.3 is 0 Å². The molecular weight excluding hydrogens is 308 g/mol. The second kappa shape index (κ2) is 7.29. The van der Waals surface area contributed by atoms with Crippen molar-refractivity contribution in [2.75, 3.05) is 6.61 Å². The van der Waals surface area contributed by atoms with E-state index in [2.05, 4.69) is 51.7 Å². The number of fused-ring (bicyclic) bond motifs is 3. The summed E-state index contributed by atoms with van der Waals surface area (Å²) in [7, 11) is 0. The molecule has 2 aromatic heterocycles. The summed E-state index contributed by atoms with van der Waals surface area (Å²) < 4.78 is 7.83. The summed E-state index contributed by atoms with van der Waals surface area (Å²) >= 11 is 0. The van der Waals surface area contributed by atoms with Gasteiger partial charge < -0.3 is 9.30 Å². The van der Waals surface area contributed by atoms with E-state index in [9.17, 15) is 0 Å². The molecule has 3 aromatic rings. The summed E-state index contributed by atoms with van der Waals surface area (Å²) in [5, 5.41) is 2.36. The van der Waals surface area contributed by atoms with E-state index in [4.69, 9.17) is 4.74 Å². The van der Waals surface area contributed by atoms with Crippen molar-refractivity contribution < 1.29 is 4.74 Å². The van der Waals surface area contributed by atoms with Crippen LogP contribution in [0.25, 0.3) is 21.9 Å². The first-order valence-electron chi connectivity index (χ1n) is 9.33. The number of nitrogens with zero attached hydrogens (tertiary/aromatic N) is 2. The van der Waals surface area contributed by atoms with Crippen LogP contribution in [0.3, 0.4) is 0 Å². The van der Waals surface area contributed by atoms with Crippen LogP contribution in [0.1, 0.15) is 44.6 Å². The highest BCUT2D eigenvalue weighted by atomic mass is 16.5. The monoisotopic (exact) mass is 332 g/mol. The fourth-order valence-electron chi connectivity index (χ4n) is 3.80. The van der Waals surface area contributed by atoms with Crippen molar-refractivity contribution >= 4 is 21.9 Å². The lowest BCUT2D eigenvalue weighted by Gasteiger charge is -2.15. The molecule has 1 aliphatic carbocycles. The fraction of sp³-hybridized carbons (Fsp3) is 0.409. The van der Waals surface area contributed by atoms with Crippen LogP contribution >= 0.6 is 0 Å². The summed E-state index contributed by atoms with van der Waals surface area (Å²) in [4.78, 5) is 4.64. The summed E-state index contributed by atoms with van der Waals surface area (Å²) in [6, 6.07) is 10.5. The molecule has 2 heterocycles. The SMILES string of the molecule is CCOCn1c2ccccc2c2c(C#CC3CCCCC3)ccnc21. The number of benzene rings is 1. The van der Waals surface area contributed by atoms with Crippen LogP contribution in [-0.2, 0) is 11.5 Å². The van der Waals surface area contributed by atoms with Crippen LogP contribution < -0.4 is 0 Å². The van der Waals surface area contributed by atoms with Gasteiger partial charge in [-0.1, -0.05) is 49.3 Å². The molecule has 0 saturated heterocycles. The van der Waals surface area contributed by atoms with Crippen LogP contribution in [-0.4, -0.2) is 16.2 Å². The largest absolute Gasteiger partial charge is 0.361 e. The van der Waals surface area contributed by atoms with E-state index >= 15 is 0 Å². The Morgan fingerprint density at radius 1 is 1.16 bits per heavy atom. The average molecular weight is 332 g/mol. The molecule has 128 valence electrons. The van der Waals surface area contributed by atoms with Crippen molar-refractivity contribution in [1.29, 1.82) is 0 Å². The van der Waals surface area contributed by atoms with Gasteiger partial charge in [0, 0.05) is 35.1 Å². The van der Waals surface area contributed by atoms with Gasteiger partial charge in [-0.25, -0.2) is 4.98 Å². The molecule has 1 aliphatic rings. The van der Waals surface area contributed by atoms with Gasteiger partial charge in [-0.2, -0.15) is 0 Å². The third kappa shape index (κ3) is 3.15. The molecule has 0 bridgehead atoms. The first-order chi connectivity index (χ1) is 12.4. The third-order valence-corrected chi connectivity index (χ3v) is 5.09. The van der Waals surface area contributed by atoms with E-state index < -0.39 is 0 Å². The molecule has 1 saturated carbocycles. The highest BCUT2D eigenvalue weighted by Crippen LogP contribution is 2.30. The maximum atomic E-state index is 5.68. The third-order valence-electron chi connectivity index (χ3n) is 5.09. The quantitative estimate of drug-likeness (QED) is 0.623. The Morgan fingerprint density at radius 2 is 2.00 bits per heavy atom. The van der Waals surface area contributed by atoms with E-state index in [0.29, 0.717) is 19.3 Å². The van der Waals surface area contributed by atoms with Crippen LogP contribution in [0.2, 0.25) is 0 Å². The standard InChI is InChI=1S/C22H24N2O/c1-2-25-16-24-20-11-7-6-10-19(20)21-18(14-15-23-22(21)24)13-12-17-8-4-3-5-9-17/h6-7,10-11,14-15,17H,2-5,8-9,16H2,1H3. The van der Waals surface area contributed by atoms with Crippen molar-refractivity contribution in [2.24, 2.45) is 5.92 Å². The molecule has 4 rings (SSSR count). The lowest BCUT2D eigenvalue weighted by molar-refractivity contribution is 0.0932. The van der Waals surface area contributed by atoms with Crippen molar-refractivity contribution in [3.63, 3.8) is 0 Å². The normalized spacial score (nSPS) is 15.4. The highest BCUT2D eigenvalue weighted by Gasteiger charge is 2.14. The molecule has 25 heavy (non-hydrogen) atoms. The second-order valence-electron chi connectivity index (χ2n) is 6.73. The molecule has 1 aromatic carbocycles. The maximum absolute atomic E-state index is 5.68. The van der Waals surface area contributed by atoms with E-state index in [1.165, 1.54) is 37.5 Å². The molecule has 3 heteroatoms. The molecule has 0 unspecified atom stereocenters. The minimum Gasteiger partial charge on any atom is -0.361 e. The minimum absolute atomic E-state index is 0.521. The Balaban J connectivity index is 1.84. The minimum atomic E-state index is 0.521. The highest BCUT2D eigenvalue weighted by molar-refractivity contribution is 6.09. The van der Waals surface area contributed by atoms with Crippen LogP contribution in [0.5, 0.6) is 0 Å². The predicted molar refractivity (Wildman–Crippen MR) is 102 cm³/mol. The lowest BCUT2D eigenvalue weighted by Crippen LogP contribution is -2.03. The molecule has 0 atom stereocenters. The average Bonchev–Trinajstić information content (AvgIpc) is 3.00. The molecule has 0 radical (unpaired) electrons. The maximum Gasteiger partial charge on any atom is 0.144 e. The van der Waals surface area contributed by atoms with E-state index in [-0.39, 0.29) is 0 Å². The second-order valence-corrected chi connectivity index (χ2v) is 6.73. The summed E-state index contributed by atoms with van der Waals surface area (Å²) in [5.74, 6) is 7.55. The molecule has 0 aliphatic heterocycles. The van der Waals surface area contributed by atoms with Gasteiger partial charge in [0.25, 0.3) is 0 Å². The molecule has 0 N–H and O–H groups in total. The van der Waals surface area contributed by atoms with Crippen molar-refractivity contribution in [3.05, 3.63) is 42.1 Å². The van der Waals surface area contributed by atoms with Crippen molar-refractivity contribution in [3.8, 4) is 11.8 Å². The molecule has 0 spiro atoms. The number of aromatic nitrogens is 2. The Morgan fingerprint density at radius 3 is 2.84 bits per heavy atom. The molecule has 3 nitrogen and oxygen atoms in total. The van der Waals surface area contributed by atoms with Gasteiger partial charge in [-0.05, 0) is 31.9 Å². The first-order valence-corrected chi connectivity index (χ1v) is 9.33. The summed E-state index contributed by atoms with van der Waals surface area (Å²) in [6.45, 7) is 3.23. The Labute approximate surface area is 149 Å². The fourth-order valence-corrected chi connectivity index (χ4v) is 3.80. The van der Waals surface area contributed by atoms with Crippen molar-refractivity contribution in [1.82, 2.24) is 9.55 Å². The molecule has 0 amide bonds. The number of hydrogen-bond donors (Lipinski definition) is 0. The molecular formula is C22H24N2O. The van der Waals surface area contributed by atoms with Crippen LogP contribution in [0, 0.1) is 17.8 Å². The van der Waals surface area contributed by atoms with Crippen molar-refractivity contribution in [2.45, 2.75) is 45.8 Å². The van der Waals surface area contributed by atoms with E-state index in [1.54, 1.807) is 0 Å². The van der Waals surface area contributed by atoms with Gasteiger partial charge in [0.05, 0.1) is 5.52 Å². The number of hydrogen-bond acceptors (Lipinski definition) is 2. The number of para-hydroxylation sites is 1. The Bertz CT molecular complexity index is 939. The Hall–Kier alpha value is -2.31. The predicted octanol–water partition coefficient (Wildman–Crippen LogP) is 5.12. The van der Waals surface area contributed by atoms with Gasteiger partial charge in [-0.3, -0.25) is 0 Å². The van der Waals surface area contributed by atoms with E-state index in [1.807, 2.05) is 13.1 Å². The number of ether oxygens (including phenoxy) is 1. The van der Waals surface area contributed by atoms with Gasteiger partial charge in [0.15, 0.2) is 0 Å². The zero-order chi connectivity index (χ0) is 17.1. The molecule has 1 fully saturated rings. The van der Waals surface area contributed by atoms with Gasteiger partial charge in [-0.15, -0.1) is 0 Å². The summed E-state index contributed by atoms with van der Waals surface area (Å²) in [5.41, 5.74) is 3.21. The number of pyridine rings is 1. The van der Waals surface area contributed by atoms with Gasteiger partial charge in [0.1, 0.15) is 12.4 Å². The topological polar surface area (TPSA) is 27.1 Å². The van der Waals surface area contributed by atoms with Gasteiger partial charge in [0.2, 0.25) is 0 Å².